The highest BCUT2D eigenvalue weighted by Gasteiger charge is 2.33. The molecule has 1 amide bonds. The quantitative estimate of drug-likeness (QED) is 0.632. The lowest BCUT2D eigenvalue weighted by molar-refractivity contribution is 0.142. The lowest BCUT2D eigenvalue weighted by atomic mass is 9.91. The molecule has 0 spiro atoms. The maximum Gasteiger partial charge on any atom is 0.414 e. The minimum Gasteiger partial charge on any atom is -0.444 e. The Kier molecular flexibility index (Phi) is 5.79. The Hall–Kier alpha value is -1.81. The largest absolute Gasteiger partial charge is 0.444 e. The van der Waals surface area contributed by atoms with Gasteiger partial charge in [-0.05, 0) is 48.4 Å². The molecule has 1 aliphatic rings. The van der Waals surface area contributed by atoms with Crippen molar-refractivity contribution in [1.29, 1.82) is 0 Å². The van der Waals surface area contributed by atoms with Gasteiger partial charge < -0.3 is 4.74 Å². The summed E-state index contributed by atoms with van der Waals surface area (Å²) in [4.78, 5) is 14.8. The Morgan fingerprint density at radius 1 is 1.20 bits per heavy atom. The number of rotatable bonds is 4. The number of carbonyl (C=O) groups is 1. The minimum absolute atomic E-state index is 0.185. The zero-order valence-corrected chi connectivity index (χ0v) is 16.3. The van der Waals surface area contributed by atoms with Crippen LogP contribution in [0.15, 0.2) is 53.0 Å². The van der Waals surface area contributed by atoms with E-state index in [-0.39, 0.29) is 12.1 Å². The second-order valence-electron chi connectivity index (χ2n) is 6.97. The normalized spacial score (nSPS) is 16.6. The van der Waals surface area contributed by atoms with E-state index in [2.05, 4.69) is 29.8 Å². The van der Waals surface area contributed by atoms with E-state index in [4.69, 9.17) is 4.74 Å². The smallest absolute Gasteiger partial charge is 0.414 e. The zero-order valence-electron chi connectivity index (χ0n) is 14.7. The Morgan fingerprint density at radius 2 is 1.96 bits per heavy atom. The van der Waals surface area contributed by atoms with Gasteiger partial charge in [-0.25, -0.2) is 4.79 Å². The van der Waals surface area contributed by atoms with E-state index in [0.29, 0.717) is 12.5 Å². The summed E-state index contributed by atoms with van der Waals surface area (Å²) in [5, 5.41) is 0. The van der Waals surface area contributed by atoms with E-state index in [1.54, 1.807) is 0 Å². The van der Waals surface area contributed by atoms with Crippen LogP contribution in [0, 0.1) is 5.92 Å². The standard InChI is InChI=1S/C21H24BrNO2/c1-15(2)13-17-11-12-18-19(22)9-6-10-20(18)23(17)21(24)25-14-16-7-4-3-5-8-16/h3-10,15,17H,11-14H2,1-2H3. The molecular weight excluding hydrogens is 378 g/mol. The fourth-order valence-electron chi connectivity index (χ4n) is 3.46. The van der Waals surface area contributed by atoms with Gasteiger partial charge in [0.15, 0.2) is 0 Å². The van der Waals surface area contributed by atoms with Gasteiger partial charge >= 0.3 is 6.09 Å². The molecule has 1 atom stereocenters. The molecule has 1 aliphatic heterocycles. The SMILES string of the molecule is CC(C)CC1CCc2c(Br)cccc2N1C(=O)OCc1ccccc1. The first-order chi connectivity index (χ1) is 12.1. The molecule has 1 heterocycles. The first kappa shape index (κ1) is 18.0. The van der Waals surface area contributed by atoms with E-state index in [1.807, 2.05) is 53.4 Å². The molecule has 1 unspecified atom stereocenters. The van der Waals surface area contributed by atoms with Crippen LogP contribution in [-0.4, -0.2) is 12.1 Å². The molecule has 0 bridgehead atoms. The van der Waals surface area contributed by atoms with E-state index < -0.39 is 0 Å². The molecule has 0 saturated heterocycles. The Labute approximate surface area is 158 Å². The molecule has 3 nitrogen and oxygen atoms in total. The van der Waals surface area contributed by atoms with Crippen LogP contribution in [0.4, 0.5) is 10.5 Å². The van der Waals surface area contributed by atoms with Crippen molar-refractivity contribution in [3.63, 3.8) is 0 Å². The molecule has 3 rings (SSSR count). The molecule has 0 radical (unpaired) electrons. The van der Waals surface area contributed by atoms with E-state index in [0.717, 1.165) is 35.0 Å². The van der Waals surface area contributed by atoms with Crippen molar-refractivity contribution in [2.45, 2.75) is 45.8 Å². The number of hydrogen-bond acceptors (Lipinski definition) is 2. The molecule has 2 aromatic carbocycles. The van der Waals surface area contributed by atoms with Crippen molar-refractivity contribution in [1.82, 2.24) is 0 Å². The van der Waals surface area contributed by atoms with E-state index in [1.165, 1.54) is 5.56 Å². The van der Waals surface area contributed by atoms with Crippen LogP contribution in [0.25, 0.3) is 0 Å². The lowest BCUT2D eigenvalue weighted by Gasteiger charge is -2.37. The van der Waals surface area contributed by atoms with Crippen LogP contribution in [0.1, 0.15) is 37.8 Å². The van der Waals surface area contributed by atoms with Gasteiger partial charge in [-0.1, -0.05) is 66.2 Å². The van der Waals surface area contributed by atoms with Crippen molar-refractivity contribution in [3.8, 4) is 0 Å². The highest BCUT2D eigenvalue weighted by molar-refractivity contribution is 9.10. The third kappa shape index (κ3) is 4.24. The summed E-state index contributed by atoms with van der Waals surface area (Å²) in [6.07, 6.45) is 2.67. The minimum atomic E-state index is -0.256. The van der Waals surface area contributed by atoms with Gasteiger partial charge in [0.05, 0.1) is 5.69 Å². The van der Waals surface area contributed by atoms with Crippen LogP contribution in [0.2, 0.25) is 0 Å². The van der Waals surface area contributed by atoms with Crippen LogP contribution in [-0.2, 0) is 17.8 Å². The second-order valence-corrected chi connectivity index (χ2v) is 7.82. The van der Waals surface area contributed by atoms with Crippen LogP contribution < -0.4 is 4.90 Å². The average Bonchev–Trinajstić information content (AvgIpc) is 2.60. The molecule has 2 aromatic rings. The summed E-state index contributed by atoms with van der Waals surface area (Å²) < 4.78 is 6.71. The highest BCUT2D eigenvalue weighted by atomic mass is 79.9. The fraction of sp³-hybridized carbons (Fsp3) is 0.381. The van der Waals surface area contributed by atoms with Gasteiger partial charge in [-0.2, -0.15) is 0 Å². The predicted molar refractivity (Wildman–Crippen MR) is 105 cm³/mol. The summed E-state index contributed by atoms with van der Waals surface area (Å²) in [5.74, 6) is 0.531. The third-order valence-electron chi connectivity index (χ3n) is 4.59. The first-order valence-corrected chi connectivity index (χ1v) is 9.63. The van der Waals surface area contributed by atoms with E-state index in [9.17, 15) is 4.79 Å². The van der Waals surface area contributed by atoms with Gasteiger partial charge in [0.1, 0.15) is 6.61 Å². The van der Waals surface area contributed by atoms with Crippen LogP contribution in [0.5, 0.6) is 0 Å². The molecule has 0 saturated carbocycles. The number of carbonyl (C=O) groups excluding carboxylic acids is 1. The van der Waals surface area contributed by atoms with Gasteiger partial charge in [-0.15, -0.1) is 0 Å². The molecule has 4 heteroatoms. The van der Waals surface area contributed by atoms with Crippen molar-refractivity contribution in [2.75, 3.05) is 4.90 Å². The number of ether oxygens (including phenoxy) is 1. The molecule has 132 valence electrons. The number of halogens is 1. The lowest BCUT2D eigenvalue weighted by Crippen LogP contribution is -2.44. The molecule has 0 aliphatic carbocycles. The first-order valence-electron chi connectivity index (χ1n) is 8.83. The number of benzene rings is 2. The van der Waals surface area contributed by atoms with Gasteiger partial charge in [0.25, 0.3) is 0 Å². The van der Waals surface area contributed by atoms with Crippen molar-refractivity contribution < 1.29 is 9.53 Å². The molecule has 0 N–H and O–H groups in total. The van der Waals surface area contributed by atoms with Crippen molar-refractivity contribution in [3.05, 3.63) is 64.1 Å². The summed E-state index contributed by atoms with van der Waals surface area (Å²) in [5.41, 5.74) is 3.17. The number of amides is 1. The Bertz CT molecular complexity index is 730. The van der Waals surface area contributed by atoms with Crippen LogP contribution in [0.3, 0.4) is 0 Å². The number of hydrogen-bond donors (Lipinski definition) is 0. The van der Waals surface area contributed by atoms with Gasteiger partial charge in [0, 0.05) is 10.5 Å². The Balaban J connectivity index is 1.83. The number of anilines is 1. The monoisotopic (exact) mass is 401 g/mol. The zero-order chi connectivity index (χ0) is 17.8. The highest BCUT2D eigenvalue weighted by Crippen LogP contribution is 2.37. The maximum atomic E-state index is 12.9. The van der Waals surface area contributed by atoms with Gasteiger partial charge in [0.2, 0.25) is 0 Å². The fourth-order valence-corrected chi connectivity index (χ4v) is 4.01. The van der Waals surface area contributed by atoms with Crippen molar-refractivity contribution in [2.24, 2.45) is 5.92 Å². The topological polar surface area (TPSA) is 29.5 Å². The number of fused-ring (bicyclic) bond motifs is 1. The van der Waals surface area contributed by atoms with E-state index >= 15 is 0 Å². The summed E-state index contributed by atoms with van der Waals surface area (Å²) in [6, 6.07) is 16.0. The summed E-state index contributed by atoms with van der Waals surface area (Å²) in [6.45, 7) is 4.70. The average molecular weight is 402 g/mol. The predicted octanol–water partition coefficient (Wildman–Crippen LogP) is 5.95. The maximum absolute atomic E-state index is 12.9. The van der Waals surface area contributed by atoms with Gasteiger partial charge in [-0.3, -0.25) is 4.90 Å². The third-order valence-corrected chi connectivity index (χ3v) is 5.33. The second kappa shape index (κ2) is 8.05. The molecule has 0 aromatic heterocycles. The van der Waals surface area contributed by atoms with Crippen LogP contribution >= 0.6 is 15.9 Å². The molecular formula is C21H24BrNO2. The molecule has 25 heavy (non-hydrogen) atoms. The van der Waals surface area contributed by atoms with Crippen molar-refractivity contribution >= 4 is 27.7 Å². The summed E-state index contributed by atoms with van der Waals surface area (Å²) >= 11 is 3.63. The molecule has 0 fully saturated rings. The number of nitrogens with zero attached hydrogens (tertiary/aromatic N) is 1. The Morgan fingerprint density at radius 3 is 2.68 bits per heavy atom. The summed E-state index contributed by atoms with van der Waals surface area (Å²) in [7, 11) is 0.